The van der Waals surface area contributed by atoms with Crippen LogP contribution >= 0.6 is 0 Å². The van der Waals surface area contributed by atoms with Crippen LogP contribution in [-0.4, -0.2) is 19.0 Å². The molecule has 1 amide bonds. The number of amides is 1. The van der Waals surface area contributed by atoms with Crippen LogP contribution in [0.4, 0.5) is 5.69 Å². The lowest BCUT2D eigenvalue weighted by Crippen LogP contribution is -2.36. The van der Waals surface area contributed by atoms with E-state index in [9.17, 15) is 4.79 Å². The van der Waals surface area contributed by atoms with Gasteiger partial charge in [0.2, 0.25) is 5.91 Å². The molecule has 3 heteroatoms. The molecule has 1 aliphatic rings. The first-order chi connectivity index (χ1) is 8.74. The van der Waals surface area contributed by atoms with Gasteiger partial charge in [0.1, 0.15) is 0 Å². The van der Waals surface area contributed by atoms with E-state index >= 15 is 0 Å². The van der Waals surface area contributed by atoms with Crippen molar-refractivity contribution in [2.45, 2.75) is 39.0 Å². The molecule has 0 saturated carbocycles. The van der Waals surface area contributed by atoms with Crippen molar-refractivity contribution in [2.75, 3.05) is 18.0 Å². The van der Waals surface area contributed by atoms with Gasteiger partial charge in [-0.05, 0) is 50.3 Å². The first-order valence-electron chi connectivity index (χ1n) is 6.83. The van der Waals surface area contributed by atoms with E-state index in [0.717, 1.165) is 37.9 Å². The summed E-state index contributed by atoms with van der Waals surface area (Å²) >= 11 is 0. The van der Waals surface area contributed by atoms with Gasteiger partial charge in [-0.2, -0.15) is 0 Å². The zero-order chi connectivity index (χ0) is 13.0. The molecule has 0 fully saturated rings. The van der Waals surface area contributed by atoms with Crippen molar-refractivity contribution in [2.24, 2.45) is 5.73 Å². The molecule has 0 saturated heterocycles. The molecule has 98 valence electrons. The molecule has 18 heavy (non-hydrogen) atoms. The number of hydrogen-bond donors (Lipinski definition) is 1. The predicted octanol–water partition coefficient (Wildman–Crippen LogP) is 2.40. The highest BCUT2D eigenvalue weighted by molar-refractivity contribution is 5.95. The Kier molecular flexibility index (Phi) is 4.37. The van der Waals surface area contributed by atoms with E-state index < -0.39 is 0 Å². The molecular formula is C15H22N2O. The number of nitrogens with two attached hydrogens (primary N) is 1. The molecule has 0 atom stereocenters. The molecule has 2 rings (SSSR count). The smallest absolute Gasteiger partial charge is 0.226 e. The third kappa shape index (κ3) is 2.72. The van der Waals surface area contributed by atoms with Crippen molar-refractivity contribution in [1.29, 1.82) is 0 Å². The Balaban J connectivity index is 2.14. The Labute approximate surface area is 109 Å². The summed E-state index contributed by atoms with van der Waals surface area (Å²) in [5, 5.41) is 0. The van der Waals surface area contributed by atoms with Crippen LogP contribution in [0.15, 0.2) is 18.2 Å². The number of unbranched alkanes of at least 4 members (excludes halogenated alkanes) is 1. The first-order valence-corrected chi connectivity index (χ1v) is 6.83. The van der Waals surface area contributed by atoms with Crippen molar-refractivity contribution in [1.82, 2.24) is 0 Å². The second-order valence-electron chi connectivity index (χ2n) is 4.98. The van der Waals surface area contributed by atoms with Crippen LogP contribution in [0, 0.1) is 6.92 Å². The molecule has 0 spiro atoms. The van der Waals surface area contributed by atoms with Crippen LogP contribution < -0.4 is 10.6 Å². The van der Waals surface area contributed by atoms with E-state index in [0.29, 0.717) is 13.0 Å². The van der Waals surface area contributed by atoms with E-state index in [1.165, 1.54) is 11.1 Å². The van der Waals surface area contributed by atoms with Crippen molar-refractivity contribution < 1.29 is 4.79 Å². The normalized spacial score (nSPS) is 14.4. The number of anilines is 1. The number of para-hydroxylation sites is 1. The highest BCUT2D eigenvalue weighted by atomic mass is 16.2. The number of benzene rings is 1. The highest BCUT2D eigenvalue weighted by Crippen LogP contribution is 2.31. The van der Waals surface area contributed by atoms with Gasteiger partial charge in [-0.1, -0.05) is 18.2 Å². The third-order valence-electron chi connectivity index (χ3n) is 3.56. The summed E-state index contributed by atoms with van der Waals surface area (Å²) in [4.78, 5) is 14.2. The largest absolute Gasteiger partial charge is 0.330 e. The Morgan fingerprint density at radius 2 is 2.22 bits per heavy atom. The lowest BCUT2D eigenvalue weighted by Gasteiger charge is -2.31. The minimum absolute atomic E-state index is 0.249. The summed E-state index contributed by atoms with van der Waals surface area (Å²) < 4.78 is 0. The number of rotatable bonds is 4. The average molecular weight is 246 g/mol. The lowest BCUT2D eigenvalue weighted by molar-refractivity contribution is -0.118. The third-order valence-corrected chi connectivity index (χ3v) is 3.56. The van der Waals surface area contributed by atoms with E-state index in [4.69, 9.17) is 5.73 Å². The SMILES string of the molecule is Cc1cccc2c1N(C(=O)CCCCN)CCC2. The van der Waals surface area contributed by atoms with Crippen molar-refractivity contribution in [3.8, 4) is 0 Å². The summed E-state index contributed by atoms with van der Waals surface area (Å²) in [7, 11) is 0. The standard InChI is InChI=1S/C15H22N2O/c1-12-6-4-7-13-8-5-11-17(15(12)13)14(18)9-2-3-10-16/h4,6-7H,2-3,5,8-11,16H2,1H3. The molecule has 3 nitrogen and oxygen atoms in total. The van der Waals surface area contributed by atoms with Gasteiger partial charge >= 0.3 is 0 Å². The molecule has 1 aromatic rings. The maximum Gasteiger partial charge on any atom is 0.226 e. The second-order valence-corrected chi connectivity index (χ2v) is 4.98. The Morgan fingerprint density at radius 3 is 3.00 bits per heavy atom. The number of aryl methyl sites for hydroxylation is 2. The van der Waals surface area contributed by atoms with E-state index in [1.807, 2.05) is 4.90 Å². The van der Waals surface area contributed by atoms with Gasteiger partial charge in [0, 0.05) is 18.7 Å². The molecule has 0 radical (unpaired) electrons. The van der Waals surface area contributed by atoms with E-state index in [1.54, 1.807) is 0 Å². The quantitative estimate of drug-likeness (QED) is 0.829. The molecular weight excluding hydrogens is 224 g/mol. The van der Waals surface area contributed by atoms with E-state index in [-0.39, 0.29) is 5.91 Å². The monoisotopic (exact) mass is 246 g/mol. The fourth-order valence-corrected chi connectivity index (χ4v) is 2.65. The Bertz CT molecular complexity index is 429. The summed E-state index contributed by atoms with van der Waals surface area (Å²) in [5.41, 5.74) is 9.14. The zero-order valence-electron chi connectivity index (χ0n) is 11.1. The molecule has 0 aromatic heterocycles. The van der Waals surface area contributed by atoms with Gasteiger partial charge in [0.25, 0.3) is 0 Å². The number of nitrogens with zero attached hydrogens (tertiary/aromatic N) is 1. The van der Waals surface area contributed by atoms with Gasteiger partial charge in [-0.25, -0.2) is 0 Å². The summed E-state index contributed by atoms with van der Waals surface area (Å²) in [6.07, 6.45) is 4.60. The number of carbonyl (C=O) groups is 1. The number of fused-ring (bicyclic) bond motifs is 1. The number of hydrogen-bond acceptors (Lipinski definition) is 2. The highest BCUT2D eigenvalue weighted by Gasteiger charge is 2.23. The van der Waals surface area contributed by atoms with Gasteiger partial charge in [-0.3, -0.25) is 4.79 Å². The molecule has 1 heterocycles. The molecule has 0 unspecified atom stereocenters. The number of carbonyl (C=O) groups excluding carboxylic acids is 1. The maximum atomic E-state index is 12.3. The van der Waals surface area contributed by atoms with Crippen LogP contribution in [0.5, 0.6) is 0 Å². The Hall–Kier alpha value is -1.35. The lowest BCUT2D eigenvalue weighted by atomic mass is 9.98. The van der Waals surface area contributed by atoms with Crippen molar-refractivity contribution in [3.63, 3.8) is 0 Å². The van der Waals surface area contributed by atoms with E-state index in [2.05, 4.69) is 25.1 Å². The Morgan fingerprint density at radius 1 is 1.39 bits per heavy atom. The molecule has 0 aliphatic carbocycles. The summed E-state index contributed by atoms with van der Waals surface area (Å²) in [6.45, 7) is 3.62. The fraction of sp³-hybridized carbons (Fsp3) is 0.533. The van der Waals surface area contributed by atoms with Crippen molar-refractivity contribution in [3.05, 3.63) is 29.3 Å². The van der Waals surface area contributed by atoms with Gasteiger partial charge < -0.3 is 10.6 Å². The molecule has 1 aromatic carbocycles. The zero-order valence-corrected chi connectivity index (χ0v) is 11.1. The van der Waals surface area contributed by atoms with Crippen LogP contribution in [0.2, 0.25) is 0 Å². The fourth-order valence-electron chi connectivity index (χ4n) is 2.65. The molecule has 2 N–H and O–H groups in total. The van der Waals surface area contributed by atoms with Gasteiger partial charge in [-0.15, -0.1) is 0 Å². The minimum Gasteiger partial charge on any atom is -0.330 e. The predicted molar refractivity (Wildman–Crippen MR) is 74.8 cm³/mol. The first kappa shape index (κ1) is 13.1. The van der Waals surface area contributed by atoms with Crippen LogP contribution in [-0.2, 0) is 11.2 Å². The van der Waals surface area contributed by atoms with Crippen LogP contribution in [0.1, 0.15) is 36.8 Å². The minimum atomic E-state index is 0.249. The maximum absolute atomic E-state index is 12.3. The van der Waals surface area contributed by atoms with Gasteiger partial charge in [0.15, 0.2) is 0 Å². The molecule has 0 bridgehead atoms. The topological polar surface area (TPSA) is 46.3 Å². The van der Waals surface area contributed by atoms with Crippen molar-refractivity contribution >= 4 is 11.6 Å². The summed E-state index contributed by atoms with van der Waals surface area (Å²) in [6, 6.07) is 6.31. The molecule has 1 aliphatic heterocycles. The van der Waals surface area contributed by atoms with Crippen LogP contribution in [0.3, 0.4) is 0 Å². The van der Waals surface area contributed by atoms with Gasteiger partial charge in [0.05, 0.1) is 0 Å². The second kappa shape index (κ2) is 6.01. The van der Waals surface area contributed by atoms with Crippen LogP contribution in [0.25, 0.3) is 0 Å². The summed E-state index contributed by atoms with van der Waals surface area (Å²) in [5.74, 6) is 0.249. The average Bonchev–Trinajstić information content (AvgIpc) is 2.38.